The van der Waals surface area contributed by atoms with E-state index in [2.05, 4.69) is 31.0 Å². The van der Waals surface area contributed by atoms with Gasteiger partial charge in [0.2, 0.25) is 11.8 Å². The van der Waals surface area contributed by atoms with Crippen LogP contribution in [0.5, 0.6) is 5.75 Å². The molecule has 1 saturated carbocycles. The molecule has 14 heteroatoms. The number of benzene rings is 2. The van der Waals surface area contributed by atoms with Crippen molar-refractivity contribution in [2.24, 2.45) is 0 Å². The molecule has 0 spiro atoms. The van der Waals surface area contributed by atoms with Gasteiger partial charge in [-0.15, -0.1) is 0 Å². The van der Waals surface area contributed by atoms with Crippen LogP contribution in [0.1, 0.15) is 96.7 Å². The number of hydrogen-bond donors (Lipinski definition) is 4. The zero-order valence-electron chi connectivity index (χ0n) is 28.8. The summed E-state index contributed by atoms with van der Waals surface area (Å²) >= 11 is 0. The molecule has 4 N–H and O–H groups in total. The normalized spacial score (nSPS) is 22.2. The zero-order chi connectivity index (χ0) is 35.6. The Morgan fingerprint density at radius 1 is 0.941 bits per heavy atom. The number of carbonyl (C=O) groups is 5. The van der Waals surface area contributed by atoms with Crippen LogP contribution in [0.4, 0.5) is 16.3 Å². The number of piperidine rings is 2. The van der Waals surface area contributed by atoms with Gasteiger partial charge in [0.05, 0.1) is 0 Å². The maximum atomic E-state index is 13.1. The van der Waals surface area contributed by atoms with Gasteiger partial charge < -0.3 is 29.9 Å². The molecule has 3 aliphatic heterocycles. The fourth-order valence-electron chi connectivity index (χ4n) is 7.42. The number of fused-ring (bicyclic) bond motifs is 1. The number of hydrogen-bond acceptors (Lipinski definition) is 9. The average molecular weight is 698 g/mol. The van der Waals surface area contributed by atoms with Gasteiger partial charge in [-0.2, -0.15) is 5.10 Å². The van der Waals surface area contributed by atoms with Gasteiger partial charge in [-0.1, -0.05) is 0 Å². The molecule has 2 saturated heterocycles. The summed E-state index contributed by atoms with van der Waals surface area (Å²) in [5.41, 5.74) is 3.90. The summed E-state index contributed by atoms with van der Waals surface area (Å²) in [6, 6.07) is 14.1. The number of H-pyrrole nitrogens is 1. The molecule has 0 radical (unpaired) electrons. The lowest BCUT2D eigenvalue weighted by Gasteiger charge is -2.34. The van der Waals surface area contributed by atoms with Crippen LogP contribution in [0.2, 0.25) is 0 Å². The molecule has 3 fully saturated rings. The number of aromatic amines is 1. The number of amides is 5. The highest BCUT2D eigenvalue weighted by Gasteiger charge is 2.39. The number of nitrogens with one attached hydrogen (secondary N) is 4. The Hall–Kier alpha value is -5.40. The van der Waals surface area contributed by atoms with Crippen molar-refractivity contribution in [3.63, 3.8) is 0 Å². The minimum Gasteiger partial charge on any atom is -0.490 e. The van der Waals surface area contributed by atoms with Crippen molar-refractivity contribution >= 4 is 41.2 Å². The molecule has 5 amide bonds. The first-order valence-electron chi connectivity index (χ1n) is 17.7. The first-order valence-corrected chi connectivity index (χ1v) is 17.7. The molecule has 2 aromatic carbocycles. The van der Waals surface area contributed by atoms with Crippen LogP contribution in [0.3, 0.4) is 0 Å². The number of imide groups is 1. The predicted molar refractivity (Wildman–Crippen MR) is 186 cm³/mol. The average Bonchev–Trinajstić information content (AvgIpc) is 3.84. The molecule has 7 rings (SSSR count). The van der Waals surface area contributed by atoms with Gasteiger partial charge in [0, 0.05) is 79.4 Å². The molecule has 4 heterocycles. The minimum absolute atomic E-state index is 0.0187. The van der Waals surface area contributed by atoms with Crippen molar-refractivity contribution in [2.75, 3.05) is 23.3 Å². The molecule has 1 aromatic heterocycles. The Morgan fingerprint density at radius 2 is 1.73 bits per heavy atom. The van der Waals surface area contributed by atoms with E-state index in [0.29, 0.717) is 42.1 Å². The van der Waals surface area contributed by atoms with Crippen molar-refractivity contribution < 1.29 is 33.4 Å². The number of alkyl carbamates (subject to hydrolysis) is 1. The molecular weight excluding hydrogens is 654 g/mol. The second-order valence-corrected chi connectivity index (χ2v) is 14.1. The van der Waals surface area contributed by atoms with Crippen molar-refractivity contribution in [1.82, 2.24) is 25.7 Å². The molecule has 51 heavy (non-hydrogen) atoms. The van der Waals surface area contributed by atoms with E-state index in [1.807, 2.05) is 38.1 Å². The van der Waals surface area contributed by atoms with Crippen LogP contribution in [-0.4, -0.2) is 82.2 Å². The second kappa shape index (κ2) is 14.4. The molecule has 1 unspecified atom stereocenters. The van der Waals surface area contributed by atoms with E-state index in [0.717, 1.165) is 55.7 Å². The quantitative estimate of drug-likeness (QED) is 0.239. The van der Waals surface area contributed by atoms with Gasteiger partial charge in [0.15, 0.2) is 5.82 Å². The number of ether oxygens (including phenoxy) is 2. The third-order valence-corrected chi connectivity index (χ3v) is 10.1. The predicted octanol–water partition coefficient (Wildman–Crippen LogP) is 4.24. The third kappa shape index (κ3) is 7.69. The molecule has 14 nitrogen and oxygen atoms in total. The molecule has 4 aliphatic rings. The Morgan fingerprint density at radius 3 is 2.47 bits per heavy atom. The van der Waals surface area contributed by atoms with Crippen molar-refractivity contribution in [3.05, 3.63) is 70.9 Å². The lowest BCUT2D eigenvalue weighted by Crippen LogP contribution is -2.52. The van der Waals surface area contributed by atoms with E-state index >= 15 is 0 Å². The smallest absolute Gasteiger partial charge is 0.407 e. The maximum Gasteiger partial charge on any atom is 0.407 e. The van der Waals surface area contributed by atoms with Gasteiger partial charge in [-0.3, -0.25) is 29.6 Å². The van der Waals surface area contributed by atoms with E-state index in [1.165, 1.54) is 0 Å². The number of nitrogens with zero attached hydrogens (tertiary/aromatic N) is 3. The van der Waals surface area contributed by atoms with Crippen molar-refractivity contribution in [2.45, 2.75) is 95.5 Å². The summed E-state index contributed by atoms with van der Waals surface area (Å²) in [5.74, 6) is 0.135. The summed E-state index contributed by atoms with van der Waals surface area (Å²) in [6.07, 6.45) is 3.99. The first kappa shape index (κ1) is 34.1. The van der Waals surface area contributed by atoms with Crippen LogP contribution in [0, 0.1) is 0 Å². The summed E-state index contributed by atoms with van der Waals surface area (Å²) in [4.78, 5) is 65.8. The zero-order valence-corrected chi connectivity index (χ0v) is 28.8. The second-order valence-electron chi connectivity index (χ2n) is 14.1. The molecule has 268 valence electrons. The van der Waals surface area contributed by atoms with E-state index < -0.39 is 18.0 Å². The van der Waals surface area contributed by atoms with Crippen LogP contribution in [-0.2, 0) is 20.9 Å². The van der Waals surface area contributed by atoms with Gasteiger partial charge in [-0.25, -0.2) is 4.79 Å². The lowest BCUT2D eigenvalue weighted by atomic mass is 10.0. The van der Waals surface area contributed by atoms with E-state index in [9.17, 15) is 24.0 Å². The highest BCUT2D eigenvalue weighted by molar-refractivity contribution is 6.05. The maximum absolute atomic E-state index is 13.1. The van der Waals surface area contributed by atoms with Crippen LogP contribution in [0.15, 0.2) is 48.5 Å². The molecule has 3 atom stereocenters. The monoisotopic (exact) mass is 697 g/mol. The lowest BCUT2D eigenvalue weighted by molar-refractivity contribution is -0.136. The Bertz CT molecular complexity index is 1820. The molecule has 1 aliphatic carbocycles. The Labute approximate surface area is 295 Å². The van der Waals surface area contributed by atoms with Gasteiger partial charge in [0.25, 0.3) is 11.8 Å². The highest BCUT2D eigenvalue weighted by Crippen LogP contribution is 2.36. The van der Waals surface area contributed by atoms with Gasteiger partial charge in [-0.05, 0) is 87.6 Å². The highest BCUT2D eigenvalue weighted by atomic mass is 16.6. The van der Waals surface area contributed by atoms with E-state index in [4.69, 9.17) is 9.47 Å². The fourth-order valence-corrected chi connectivity index (χ4v) is 7.42. The summed E-state index contributed by atoms with van der Waals surface area (Å²) in [5, 5.41) is 15.3. The molecule has 0 bridgehead atoms. The number of aromatic nitrogens is 2. The Kier molecular flexibility index (Phi) is 9.65. The first-order chi connectivity index (χ1) is 24.6. The topological polar surface area (TPSA) is 175 Å². The fraction of sp³-hybridized carbons (Fsp3) is 0.459. The summed E-state index contributed by atoms with van der Waals surface area (Å²) < 4.78 is 11.8. The SMILES string of the molecule is CC(C)NC(=O)O[C@@H]1CC[C@H](c2cc(NC(=O)c3ccc(OC4CCN(c5ccc6c(c5)CN(C5CCC(=O)NC5=O)C6=O)CC4)cc3)n[nH]2)C1. The Balaban J connectivity index is 0.866. The van der Waals surface area contributed by atoms with Gasteiger partial charge in [0.1, 0.15) is 24.0 Å². The summed E-state index contributed by atoms with van der Waals surface area (Å²) in [7, 11) is 0. The molecule has 3 aromatic rings. The van der Waals surface area contributed by atoms with Gasteiger partial charge >= 0.3 is 6.09 Å². The standard InChI is InChI=1S/C37H43N7O7/c1-21(2)38-37(49)51-28-9-5-23(18-28)30-19-32(42-41-30)39-34(46)22-3-7-26(8-4-22)50-27-13-15-43(16-14-27)25-6-10-29-24(17-25)20-44(36(29)48)31-11-12-33(45)40-35(31)47/h3-4,6-8,10,17,19,21,23,27-28,31H,5,9,11-16,18,20H2,1-2H3,(H,38,49)(H,40,45,47)(H2,39,41,42,46)/t23-,28+,31?/m0/s1. The van der Waals surface area contributed by atoms with E-state index in [1.54, 1.807) is 29.2 Å². The van der Waals surface area contributed by atoms with Crippen LogP contribution in [0.25, 0.3) is 0 Å². The van der Waals surface area contributed by atoms with Crippen LogP contribution < -0.4 is 25.6 Å². The minimum atomic E-state index is -0.629. The van der Waals surface area contributed by atoms with E-state index in [-0.39, 0.29) is 48.3 Å². The number of anilines is 2. The van der Waals surface area contributed by atoms with Crippen LogP contribution >= 0.6 is 0 Å². The third-order valence-electron chi connectivity index (χ3n) is 10.1. The largest absolute Gasteiger partial charge is 0.490 e. The van der Waals surface area contributed by atoms with Crippen molar-refractivity contribution in [3.8, 4) is 5.75 Å². The summed E-state index contributed by atoms with van der Waals surface area (Å²) in [6.45, 7) is 5.69. The number of carbonyl (C=O) groups excluding carboxylic acids is 5. The molecular formula is C37H43N7O7. The van der Waals surface area contributed by atoms with Crippen molar-refractivity contribution in [1.29, 1.82) is 0 Å². The number of rotatable bonds is 9.